The number of likely N-dealkylation sites (N-methyl/N-ethyl adjacent to an activating group) is 1. The Balaban J connectivity index is 1.71. The van der Waals surface area contributed by atoms with Crippen LogP contribution in [-0.2, 0) is 16.1 Å². The number of carbonyl (C=O) groups is 2. The van der Waals surface area contributed by atoms with E-state index in [1.807, 2.05) is 15.7 Å². The molecular formula is C23H28B2FN5O3. The van der Waals surface area contributed by atoms with Crippen LogP contribution in [0.3, 0.4) is 0 Å². The van der Waals surface area contributed by atoms with Gasteiger partial charge in [-0.1, -0.05) is 18.2 Å². The third kappa shape index (κ3) is 5.84. The summed E-state index contributed by atoms with van der Waals surface area (Å²) in [6.45, 7) is 1.94. The van der Waals surface area contributed by atoms with E-state index in [2.05, 4.69) is 15.3 Å². The van der Waals surface area contributed by atoms with Crippen molar-refractivity contribution < 1.29 is 14.0 Å². The van der Waals surface area contributed by atoms with E-state index in [1.165, 1.54) is 27.7 Å². The maximum absolute atomic E-state index is 13.4. The topological polar surface area (TPSA) is 100 Å². The number of nitrogens with one attached hydrogen (secondary N) is 2. The second kappa shape index (κ2) is 10.1. The molecule has 0 saturated carbocycles. The van der Waals surface area contributed by atoms with E-state index in [0.717, 1.165) is 0 Å². The van der Waals surface area contributed by atoms with Crippen LogP contribution in [0.15, 0.2) is 53.5 Å². The van der Waals surface area contributed by atoms with Crippen molar-refractivity contribution >= 4 is 44.2 Å². The van der Waals surface area contributed by atoms with Crippen LogP contribution in [0, 0.1) is 11.7 Å². The lowest BCUT2D eigenvalue weighted by Gasteiger charge is -2.30. The molecule has 0 aliphatic heterocycles. The quantitative estimate of drug-likeness (QED) is 0.383. The smallest absolute Gasteiger partial charge is 0.274 e. The molecule has 0 radical (unpaired) electrons. The molecule has 8 nitrogen and oxygen atoms in total. The molecule has 1 atom stereocenters. The molecule has 0 aliphatic carbocycles. The molecule has 2 amide bonds. The van der Waals surface area contributed by atoms with E-state index in [4.69, 9.17) is 0 Å². The third-order valence-electron chi connectivity index (χ3n) is 6.00. The summed E-state index contributed by atoms with van der Waals surface area (Å²) in [6.07, 6.45) is 5.38. The minimum atomic E-state index is -0.440. The summed E-state index contributed by atoms with van der Waals surface area (Å²) in [6, 6.07) is 7.48. The largest absolute Gasteiger partial charge is 0.345 e. The lowest BCUT2D eigenvalue weighted by Crippen LogP contribution is -2.35. The van der Waals surface area contributed by atoms with Crippen molar-refractivity contribution in [3.63, 3.8) is 0 Å². The highest BCUT2D eigenvalue weighted by molar-refractivity contribution is 6.41. The van der Waals surface area contributed by atoms with Crippen molar-refractivity contribution in [2.75, 3.05) is 19.4 Å². The predicted octanol–water partition coefficient (Wildman–Crippen LogP) is 0.903. The highest BCUT2D eigenvalue weighted by Crippen LogP contribution is 2.33. The Morgan fingerprint density at radius 1 is 1.32 bits per heavy atom. The number of aromatic amines is 1. The maximum Gasteiger partial charge on any atom is 0.274 e. The Morgan fingerprint density at radius 2 is 2.06 bits per heavy atom. The number of anilines is 1. The lowest BCUT2D eigenvalue weighted by molar-refractivity contribution is -0.123. The van der Waals surface area contributed by atoms with Crippen LogP contribution in [-0.4, -0.2) is 61.0 Å². The first-order chi connectivity index (χ1) is 16.0. The fourth-order valence-electron chi connectivity index (χ4n) is 3.41. The van der Waals surface area contributed by atoms with Crippen molar-refractivity contribution in [1.82, 2.24) is 19.4 Å². The van der Waals surface area contributed by atoms with Crippen LogP contribution < -0.4 is 10.9 Å². The molecule has 2 aromatic heterocycles. The summed E-state index contributed by atoms with van der Waals surface area (Å²) in [5.41, 5.74) is 0.941. The van der Waals surface area contributed by atoms with E-state index in [-0.39, 0.29) is 35.4 Å². The molecule has 0 spiro atoms. The Bertz CT molecular complexity index is 1300. The lowest BCUT2D eigenvalue weighted by atomic mass is 9.47. The molecule has 2 N–H and O–H groups in total. The summed E-state index contributed by atoms with van der Waals surface area (Å²) in [5.74, 6) is -0.715. The van der Waals surface area contributed by atoms with E-state index in [0.29, 0.717) is 23.3 Å². The number of rotatable bonds is 8. The van der Waals surface area contributed by atoms with Crippen molar-refractivity contribution in [3.8, 4) is 0 Å². The van der Waals surface area contributed by atoms with Gasteiger partial charge in [-0.25, -0.2) is 9.37 Å². The zero-order valence-electron chi connectivity index (χ0n) is 20.1. The van der Waals surface area contributed by atoms with Crippen LogP contribution in [0.25, 0.3) is 11.0 Å². The molecular weight excluding hydrogens is 435 g/mol. The maximum atomic E-state index is 13.4. The van der Waals surface area contributed by atoms with Gasteiger partial charge in [0.25, 0.3) is 5.56 Å². The van der Waals surface area contributed by atoms with Gasteiger partial charge in [0, 0.05) is 32.3 Å². The van der Waals surface area contributed by atoms with Crippen LogP contribution in [0.5, 0.6) is 0 Å². The number of benzene rings is 1. The monoisotopic (exact) mass is 463 g/mol. The Morgan fingerprint density at radius 3 is 2.76 bits per heavy atom. The van der Waals surface area contributed by atoms with Gasteiger partial charge in [0.2, 0.25) is 11.8 Å². The van der Waals surface area contributed by atoms with Gasteiger partial charge >= 0.3 is 0 Å². The van der Waals surface area contributed by atoms with E-state index >= 15 is 0 Å². The normalized spacial score (nSPS) is 12.7. The number of imidazole rings is 1. The average Bonchev–Trinajstić information content (AvgIpc) is 3.17. The van der Waals surface area contributed by atoms with Gasteiger partial charge in [-0.05, 0) is 36.8 Å². The second-order valence-corrected chi connectivity index (χ2v) is 9.24. The number of pyridine rings is 1. The van der Waals surface area contributed by atoms with Gasteiger partial charge in [0.15, 0.2) is 0 Å². The number of hydrogen-bond acceptors (Lipinski definition) is 4. The number of hydrogen-bond donors (Lipinski definition) is 2. The molecule has 34 heavy (non-hydrogen) atoms. The standard InChI is InChI=1S/C23H28B2FN5O3/c1-14(23(24,25)10-4-7-20(32)30(2)3)21(33)29-17-6-5-11-31(22(17)34)13-19-27-16-9-8-15(26)12-18(16)28-19/h4-9,11-12,14H,10,13,24-25H2,1-3H3,(H,27,28)(H,29,33)/b7-4+. The first-order valence-electron chi connectivity index (χ1n) is 11.0. The van der Waals surface area contributed by atoms with Crippen LogP contribution in [0.2, 0.25) is 5.21 Å². The van der Waals surface area contributed by atoms with Gasteiger partial charge in [0.05, 0.1) is 17.6 Å². The predicted molar refractivity (Wildman–Crippen MR) is 136 cm³/mol. The second-order valence-electron chi connectivity index (χ2n) is 9.24. The average molecular weight is 463 g/mol. The van der Waals surface area contributed by atoms with E-state index in [1.54, 1.807) is 51.5 Å². The van der Waals surface area contributed by atoms with Crippen molar-refractivity contribution in [2.45, 2.75) is 25.1 Å². The minimum Gasteiger partial charge on any atom is -0.345 e. The molecule has 0 saturated heterocycles. The molecule has 11 heteroatoms. The molecule has 1 aromatic carbocycles. The Kier molecular flexibility index (Phi) is 7.44. The summed E-state index contributed by atoms with van der Waals surface area (Å²) in [5, 5.41) is 2.30. The molecule has 3 aromatic rings. The minimum absolute atomic E-state index is 0.118. The zero-order chi connectivity index (χ0) is 25.0. The highest BCUT2D eigenvalue weighted by Gasteiger charge is 2.30. The van der Waals surface area contributed by atoms with Gasteiger partial charge in [-0.2, -0.15) is 0 Å². The number of allylic oxidation sites excluding steroid dienone is 1. The molecule has 176 valence electrons. The number of H-pyrrole nitrogens is 1. The highest BCUT2D eigenvalue weighted by atomic mass is 19.1. The first kappa shape index (κ1) is 25.0. The number of nitrogens with zero attached hydrogens (tertiary/aromatic N) is 3. The summed E-state index contributed by atoms with van der Waals surface area (Å²) in [7, 11) is 7.23. The van der Waals surface area contributed by atoms with Gasteiger partial charge in [0.1, 0.15) is 33.0 Å². The number of aromatic nitrogens is 3. The molecule has 1 unspecified atom stereocenters. The fourth-order valence-corrected chi connectivity index (χ4v) is 3.41. The molecule has 0 aliphatic rings. The SMILES string of the molecule is BC(B)(C/C=C/C(=O)N(C)C)C(C)C(=O)Nc1cccn(Cc2nc3cc(F)ccc3[nH]2)c1=O. The third-order valence-corrected chi connectivity index (χ3v) is 6.00. The Hall–Kier alpha value is -3.62. The molecule has 2 heterocycles. The van der Waals surface area contributed by atoms with E-state index < -0.39 is 11.1 Å². The van der Waals surface area contributed by atoms with Gasteiger partial charge in [-0.15, -0.1) is 0 Å². The summed E-state index contributed by atoms with van der Waals surface area (Å²) < 4.78 is 14.9. The summed E-state index contributed by atoms with van der Waals surface area (Å²) >= 11 is 0. The van der Waals surface area contributed by atoms with Gasteiger partial charge < -0.3 is 19.8 Å². The number of carbonyl (C=O) groups excluding carboxylic acids is 2. The van der Waals surface area contributed by atoms with Crippen molar-refractivity contribution in [3.05, 3.63) is 70.7 Å². The molecule has 0 bridgehead atoms. The molecule has 3 rings (SSSR count). The van der Waals surface area contributed by atoms with Crippen LogP contribution in [0.4, 0.5) is 10.1 Å². The Labute approximate surface area is 199 Å². The van der Waals surface area contributed by atoms with Gasteiger partial charge in [-0.3, -0.25) is 14.4 Å². The number of halogens is 1. The number of fused-ring (bicyclic) bond motifs is 1. The summed E-state index contributed by atoms with van der Waals surface area (Å²) in [4.78, 5) is 46.5. The van der Waals surface area contributed by atoms with Crippen molar-refractivity contribution in [1.29, 1.82) is 0 Å². The van der Waals surface area contributed by atoms with Crippen LogP contribution in [0.1, 0.15) is 19.2 Å². The van der Waals surface area contributed by atoms with Crippen molar-refractivity contribution in [2.24, 2.45) is 5.92 Å². The zero-order valence-corrected chi connectivity index (χ0v) is 20.1. The number of amides is 2. The fraction of sp³-hybridized carbons (Fsp3) is 0.304. The van der Waals surface area contributed by atoms with E-state index in [9.17, 15) is 18.8 Å². The molecule has 0 fully saturated rings. The van der Waals surface area contributed by atoms with Crippen LogP contribution >= 0.6 is 0 Å². The first-order valence-corrected chi connectivity index (χ1v) is 11.0.